The van der Waals surface area contributed by atoms with Gasteiger partial charge in [0, 0.05) is 61.0 Å². The zero-order chi connectivity index (χ0) is 53.1. The Kier molecular flexibility index (Phi) is 19.8. The first kappa shape index (κ1) is 58.1. The Morgan fingerprint density at radius 2 is 1.25 bits per heavy atom. The molecule has 3 aliphatic rings. The second-order valence-corrected chi connectivity index (χ2v) is 23.3. The summed E-state index contributed by atoms with van der Waals surface area (Å²) in [5, 5.41) is 0.442. The molecule has 398 valence electrons. The number of rotatable bonds is 29. The molecule has 2 amide bonds. The number of ether oxygens (including phenoxy) is 4. The molecule has 2 aromatic rings. The van der Waals surface area contributed by atoms with Gasteiger partial charge >= 0.3 is 5.97 Å². The lowest BCUT2D eigenvalue weighted by Crippen LogP contribution is -2.32. The lowest BCUT2D eigenvalue weighted by Gasteiger charge is -2.30. The molecule has 23 nitrogen and oxygen atoms in total. The minimum Gasteiger partial charge on any atom is -0.382 e. The van der Waals surface area contributed by atoms with Crippen LogP contribution in [-0.4, -0.2) is 163 Å². The van der Waals surface area contributed by atoms with Gasteiger partial charge in [-0.1, -0.05) is 18.2 Å². The summed E-state index contributed by atoms with van der Waals surface area (Å²) in [7, 11) is -16.6. The summed E-state index contributed by atoms with van der Waals surface area (Å²) in [6.45, 7) is 4.78. The molecule has 0 radical (unpaired) electrons. The molecule has 0 saturated carbocycles. The van der Waals surface area contributed by atoms with Crippen molar-refractivity contribution in [1.29, 1.82) is 0 Å². The number of hydrogen-bond donors (Lipinski definition) is 4. The third kappa shape index (κ3) is 15.4. The van der Waals surface area contributed by atoms with Crippen LogP contribution < -0.4 is 4.90 Å². The molecule has 72 heavy (non-hydrogen) atoms. The number of hydroxylamine groups is 2. The van der Waals surface area contributed by atoms with Gasteiger partial charge in [-0.3, -0.25) is 27.8 Å². The molecule has 0 aliphatic carbocycles. The van der Waals surface area contributed by atoms with E-state index in [1.54, 1.807) is 44.2 Å². The Labute approximate surface area is 419 Å². The van der Waals surface area contributed by atoms with Crippen molar-refractivity contribution in [2.75, 3.05) is 82.9 Å². The third-order valence-corrected chi connectivity index (χ3v) is 15.6. The fourth-order valence-corrected chi connectivity index (χ4v) is 10.8. The van der Waals surface area contributed by atoms with Gasteiger partial charge in [-0.2, -0.15) is 38.2 Å². The summed E-state index contributed by atoms with van der Waals surface area (Å²) in [6.07, 6.45) is 8.20. The maximum Gasteiger partial charge on any atom is 0.335 e. The highest BCUT2D eigenvalue weighted by Gasteiger charge is 2.48. The minimum absolute atomic E-state index is 0.0333. The second kappa shape index (κ2) is 24.5. The zero-order valence-corrected chi connectivity index (χ0v) is 43.1. The number of nitrogens with zero attached hydrogens (tertiary/aromatic N) is 3. The number of imide groups is 1. The van der Waals surface area contributed by atoms with Gasteiger partial charge < -0.3 is 28.7 Å². The molecular weight excluding hydrogens is 1030 g/mol. The summed E-state index contributed by atoms with van der Waals surface area (Å²) in [6, 6.07) is 8.10. The van der Waals surface area contributed by atoms with Gasteiger partial charge in [-0.15, -0.1) is 5.06 Å². The highest BCUT2D eigenvalue weighted by Crippen LogP contribution is 2.51. The third-order valence-electron chi connectivity index (χ3n) is 12.3. The summed E-state index contributed by atoms with van der Waals surface area (Å²) in [5.41, 5.74) is 0.873. The van der Waals surface area contributed by atoms with Gasteiger partial charge in [0.05, 0.1) is 72.8 Å². The van der Waals surface area contributed by atoms with Crippen LogP contribution in [0.4, 0.5) is 11.4 Å². The number of benzene rings is 2. The normalized spacial score (nSPS) is 20.2. The van der Waals surface area contributed by atoms with Crippen molar-refractivity contribution in [3.05, 3.63) is 83.6 Å². The van der Waals surface area contributed by atoms with E-state index in [2.05, 4.69) is 0 Å². The average molecular weight is 1090 g/mol. The number of fused-ring (bicyclic) bond motifs is 2. The van der Waals surface area contributed by atoms with E-state index in [0.717, 1.165) is 0 Å². The van der Waals surface area contributed by atoms with Crippen molar-refractivity contribution in [2.24, 2.45) is 0 Å². The van der Waals surface area contributed by atoms with Crippen molar-refractivity contribution in [2.45, 2.75) is 79.4 Å². The first-order chi connectivity index (χ1) is 33.7. The van der Waals surface area contributed by atoms with Gasteiger partial charge in [0.15, 0.2) is 12.3 Å². The standard InChI is InChI=1S/C45H59N3O20S4/c1-44(18-7-29-69(52,53)54)35-31-33(71(58,59)60)11-13-37(35)46(20-23-66-26-25-64-3)39(44)9-5-4-6-10-40-45(2,19-8-30-70(55,56)57)36-32-34(72(61,62)63)12-14-38(36)47(40)21-24-67-28-27-65-22-17-43(51)68-48-41(49)15-16-42(48)50/h4-6,9-14,31-32H,7-8,15-30H2,1-3H3,(H3-,52,53,54,55,56,57,58,59,60,61,62,63)/p+1. The lowest BCUT2D eigenvalue weighted by molar-refractivity contribution is -0.442. The maximum atomic E-state index is 12.4. The van der Waals surface area contributed by atoms with E-state index < -0.39 is 85.5 Å². The molecule has 2 aromatic carbocycles. The molecule has 2 unspecified atom stereocenters. The minimum atomic E-state index is -4.70. The van der Waals surface area contributed by atoms with Crippen molar-refractivity contribution < 1.29 is 94.6 Å². The molecule has 5 rings (SSSR count). The molecule has 3 aliphatic heterocycles. The van der Waals surface area contributed by atoms with Crippen molar-refractivity contribution in [3.63, 3.8) is 0 Å². The predicted octanol–water partition coefficient (Wildman–Crippen LogP) is 3.34. The van der Waals surface area contributed by atoms with Crippen LogP contribution in [-0.2, 0) is 89.5 Å². The largest absolute Gasteiger partial charge is 0.382 e. The fraction of sp³-hybridized carbons (Fsp3) is 0.511. The van der Waals surface area contributed by atoms with E-state index in [1.807, 2.05) is 9.48 Å². The van der Waals surface area contributed by atoms with E-state index in [1.165, 1.54) is 43.5 Å². The van der Waals surface area contributed by atoms with Crippen LogP contribution in [0.5, 0.6) is 0 Å². The maximum absolute atomic E-state index is 12.4. The Bertz CT molecular complexity index is 2920. The number of amides is 2. The Morgan fingerprint density at radius 3 is 1.85 bits per heavy atom. The van der Waals surface area contributed by atoms with Crippen LogP contribution in [0, 0.1) is 0 Å². The molecule has 0 bridgehead atoms. The predicted molar refractivity (Wildman–Crippen MR) is 258 cm³/mol. The highest BCUT2D eigenvalue weighted by atomic mass is 32.2. The first-order valence-corrected chi connectivity index (χ1v) is 28.7. The van der Waals surface area contributed by atoms with Gasteiger partial charge in [0.1, 0.15) is 6.61 Å². The van der Waals surface area contributed by atoms with Gasteiger partial charge in [-0.05, 0) is 81.5 Å². The number of hydrogen-bond acceptors (Lipinski definition) is 17. The molecule has 1 saturated heterocycles. The van der Waals surface area contributed by atoms with Crippen molar-refractivity contribution >= 4 is 75.3 Å². The van der Waals surface area contributed by atoms with E-state index in [9.17, 15) is 66.3 Å². The molecule has 4 N–H and O–H groups in total. The number of anilines is 1. The van der Waals surface area contributed by atoms with Gasteiger partial charge in [0.25, 0.3) is 52.3 Å². The Morgan fingerprint density at radius 1 is 0.694 bits per heavy atom. The lowest BCUT2D eigenvalue weighted by atomic mass is 9.76. The van der Waals surface area contributed by atoms with Crippen LogP contribution in [0.3, 0.4) is 0 Å². The van der Waals surface area contributed by atoms with E-state index >= 15 is 0 Å². The SMILES string of the molecule is COCCOCC[N+]1=C(/C=C/C=C/C=C2/N(CCOCCOCCC(=O)ON3C(=O)CCC3=O)c3ccc(S(=O)(=O)O)cc3C2(C)CCCS(=O)(=O)O)C(C)(CCCS(=O)(=O)O)c2cc(S(=O)(=O)O)ccc21. The number of allylic oxidation sites excluding steroid dienone is 6. The molecule has 0 aromatic heterocycles. The quantitative estimate of drug-likeness (QED) is 0.0298. The molecule has 2 atom stereocenters. The number of carbonyl (C=O) groups is 3. The molecular formula is C45H60N3O20S4+. The Balaban J connectivity index is 1.45. The molecule has 27 heteroatoms. The number of carbonyl (C=O) groups excluding carboxylic acids is 3. The monoisotopic (exact) mass is 1090 g/mol. The van der Waals surface area contributed by atoms with E-state index in [0.29, 0.717) is 45.6 Å². The summed E-state index contributed by atoms with van der Waals surface area (Å²) in [4.78, 5) is 41.4. The molecule has 1 fully saturated rings. The van der Waals surface area contributed by atoms with E-state index in [-0.39, 0.29) is 103 Å². The fourth-order valence-electron chi connectivity index (χ4n) is 8.80. The first-order valence-electron chi connectivity index (χ1n) is 22.6. The summed E-state index contributed by atoms with van der Waals surface area (Å²) >= 11 is 0. The Hall–Kier alpha value is -4.78. The van der Waals surface area contributed by atoms with Crippen molar-refractivity contribution in [1.82, 2.24) is 5.06 Å². The zero-order valence-electron chi connectivity index (χ0n) is 39.9. The van der Waals surface area contributed by atoms with Crippen molar-refractivity contribution in [3.8, 4) is 0 Å². The topological polar surface area (TPSA) is 324 Å². The van der Waals surface area contributed by atoms with Crippen LogP contribution in [0.25, 0.3) is 0 Å². The van der Waals surface area contributed by atoms with Crippen LogP contribution >= 0.6 is 0 Å². The molecule has 3 heterocycles. The van der Waals surface area contributed by atoms with Gasteiger partial charge in [-0.25, -0.2) is 4.79 Å². The van der Waals surface area contributed by atoms with Gasteiger partial charge in [0.2, 0.25) is 5.69 Å². The van der Waals surface area contributed by atoms with Crippen LogP contribution in [0.15, 0.2) is 82.3 Å². The molecule has 0 spiro atoms. The van der Waals surface area contributed by atoms with Crippen LogP contribution in [0.1, 0.15) is 69.9 Å². The summed E-state index contributed by atoms with van der Waals surface area (Å²) < 4.78 is 160. The van der Waals surface area contributed by atoms with Crippen LogP contribution in [0.2, 0.25) is 0 Å². The summed E-state index contributed by atoms with van der Waals surface area (Å²) in [5.74, 6) is -3.25. The number of methoxy groups -OCH3 is 1. The smallest absolute Gasteiger partial charge is 0.335 e. The second-order valence-electron chi connectivity index (χ2n) is 17.4. The average Bonchev–Trinajstić information content (AvgIpc) is 3.81. The van der Waals surface area contributed by atoms with E-state index in [4.69, 9.17) is 23.8 Å². The highest BCUT2D eigenvalue weighted by molar-refractivity contribution is 7.86.